The quantitative estimate of drug-likeness (QED) is 0.380. The van der Waals surface area contributed by atoms with Crippen molar-refractivity contribution < 1.29 is 37.1 Å². The van der Waals surface area contributed by atoms with Crippen molar-refractivity contribution in [3.63, 3.8) is 0 Å². The van der Waals surface area contributed by atoms with Gasteiger partial charge in [0.15, 0.2) is 6.10 Å². The molecule has 0 fully saturated rings. The van der Waals surface area contributed by atoms with Crippen molar-refractivity contribution >= 4 is 55.8 Å². The van der Waals surface area contributed by atoms with E-state index in [-0.39, 0.29) is 17.4 Å². The van der Waals surface area contributed by atoms with Gasteiger partial charge in [-0.25, -0.2) is 13.2 Å². The Labute approximate surface area is 219 Å². The van der Waals surface area contributed by atoms with Crippen LogP contribution in [0, 0.1) is 0 Å². The summed E-state index contributed by atoms with van der Waals surface area (Å²) >= 11 is 1.31. The number of amides is 2. The van der Waals surface area contributed by atoms with E-state index in [0.29, 0.717) is 16.3 Å². The number of rotatable bonds is 10. The second-order valence-electron chi connectivity index (χ2n) is 8.29. The Hall–Kier alpha value is -3.29. The number of esters is 2. The molecule has 1 aliphatic rings. The molecule has 0 saturated heterocycles. The van der Waals surface area contributed by atoms with Crippen LogP contribution in [-0.4, -0.2) is 51.4 Å². The van der Waals surface area contributed by atoms with Gasteiger partial charge in [0.25, 0.3) is 5.91 Å². The van der Waals surface area contributed by atoms with E-state index in [0.717, 1.165) is 36.1 Å². The van der Waals surface area contributed by atoms with Gasteiger partial charge in [-0.15, -0.1) is 11.3 Å². The highest BCUT2D eigenvalue weighted by molar-refractivity contribution is 7.89. The molecule has 0 aliphatic heterocycles. The maximum atomic E-state index is 12.7. The van der Waals surface area contributed by atoms with Gasteiger partial charge in [0.05, 0.1) is 17.1 Å². The lowest BCUT2D eigenvalue weighted by Crippen LogP contribution is -2.36. The third kappa shape index (κ3) is 7.37. The highest BCUT2D eigenvalue weighted by Crippen LogP contribution is 2.38. The summed E-state index contributed by atoms with van der Waals surface area (Å²) in [5.41, 5.74) is 1.64. The van der Waals surface area contributed by atoms with Crippen LogP contribution in [0.3, 0.4) is 0 Å². The molecule has 200 valence electrons. The Bertz CT molecular complexity index is 1290. The van der Waals surface area contributed by atoms with Crippen LogP contribution in [0.25, 0.3) is 0 Å². The van der Waals surface area contributed by atoms with Crippen LogP contribution in [0.15, 0.2) is 29.2 Å². The fourth-order valence-corrected chi connectivity index (χ4v) is 5.99. The number of anilines is 2. The maximum Gasteiger partial charge on any atom is 0.341 e. The first kappa shape index (κ1) is 28.3. The van der Waals surface area contributed by atoms with E-state index in [1.54, 1.807) is 6.92 Å². The summed E-state index contributed by atoms with van der Waals surface area (Å²) in [5, 5.41) is 5.53. The SMILES string of the molecule is CCOC(=O)c1c(NC(=O)C(C)OC(=O)CNS(=O)(=O)c2ccc(NC(C)=O)cc2)sc2c1CCCC2. The summed E-state index contributed by atoms with van der Waals surface area (Å²) < 4.78 is 37.3. The number of sulfonamides is 1. The zero-order chi connectivity index (χ0) is 27.2. The van der Waals surface area contributed by atoms with Gasteiger partial charge in [-0.05, 0) is 69.4 Å². The number of hydrogen-bond acceptors (Lipinski definition) is 9. The molecule has 3 rings (SSSR count). The molecule has 2 amide bonds. The van der Waals surface area contributed by atoms with E-state index in [4.69, 9.17) is 9.47 Å². The second-order valence-corrected chi connectivity index (χ2v) is 11.2. The first-order chi connectivity index (χ1) is 17.5. The lowest BCUT2D eigenvalue weighted by molar-refractivity contribution is -0.151. The van der Waals surface area contributed by atoms with E-state index >= 15 is 0 Å². The molecule has 0 spiro atoms. The summed E-state index contributed by atoms with van der Waals surface area (Å²) in [6, 6.07) is 5.37. The lowest BCUT2D eigenvalue weighted by atomic mass is 9.95. The number of benzene rings is 1. The number of carbonyl (C=O) groups is 4. The topological polar surface area (TPSA) is 157 Å². The number of thiophene rings is 1. The van der Waals surface area contributed by atoms with E-state index in [1.165, 1.54) is 49.4 Å². The van der Waals surface area contributed by atoms with Crippen LogP contribution in [0.1, 0.15) is 54.4 Å². The molecule has 13 heteroatoms. The maximum absolute atomic E-state index is 12.7. The number of nitrogens with one attached hydrogen (secondary N) is 3. The predicted molar refractivity (Wildman–Crippen MR) is 137 cm³/mol. The van der Waals surface area contributed by atoms with Crippen LogP contribution in [0.4, 0.5) is 10.7 Å². The first-order valence-corrected chi connectivity index (χ1v) is 14.0. The van der Waals surface area contributed by atoms with Crippen LogP contribution in [-0.2, 0) is 46.7 Å². The molecule has 1 heterocycles. The molecule has 1 aliphatic carbocycles. The van der Waals surface area contributed by atoms with Crippen molar-refractivity contribution in [2.75, 3.05) is 23.8 Å². The van der Waals surface area contributed by atoms with Gasteiger partial charge in [-0.1, -0.05) is 0 Å². The molecule has 0 bridgehead atoms. The zero-order valence-electron chi connectivity index (χ0n) is 20.7. The van der Waals surface area contributed by atoms with Crippen molar-refractivity contribution in [1.82, 2.24) is 4.72 Å². The molecule has 37 heavy (non-hydrogen) atoms. The number of carbonyl (C=O) groups excluding carboxylic acids is 4. The van der Waals surface area contributed by atoms with Crippen molar-refractivity contribution in [2.24, 2.45) is 0 Å². The fourth-order valence-electron chi connectivity index (χ4n) is 3.74. The molecule has 11 nitrogen and oxygen atoms in total. The highest BCUT2D eigenvalue weighted by atomic mass is 32.2. The average molecular weight is 552 g/mol. The van der Waals surface area contributed by atoms with Crippen LogP contribution >= 0.6 is 11.3 Å². The summed E-state index contributed by atoms with van der Waals surface area (Å²) in [6.07, 6.45) is 2.21. The fraction of sp³-hybridized carbons (Fsp3) is 0.417. The molecule has 3 N–H and O–H groups in total. The van der Waals surface area contributed by atoms with E-state index in [2.05, 4.69) is 15.4 Å². The van der Waals surface area contributed by atoms with E-state index < -0.39 is 40.5 Å². The molecule has 0 radical (unpaired) electrons. The van der Waals surface area contributed by atoms with Crippen molar-refractivity contribution in [3.8, 4) is 0 Å². The minimum absolute atomic E-state index is 0.117. The van der Waals surface area contributed by atoms with Crippen molar-refractivity contribution in [2.45, 2.75) is 57.5 Å². The number of fused-ring (bicyclic) bond motifs is 1. The Balaban J connectivity index is 1.59. The van der Waals surface area contributed by atoms with Crippen LogP contribution < -0.4 is 15.4 Å². The third-order valence-corrected chi connectivity index (χ3v) is 8.08. The van der Waals surface area contributed by atoms with Gasteiger partial charge in [-0.3, -0.25) is 14.4 Å². The molecule has 1 aromatic carbocycles. The molecule has 2 aromatic rings. The Morgan fingerprint density at radius 3 is 2.38 bits per heavy atom. The smallest absolute Gasteiger partial charge is 0.341 e. The van der Waals surface area contributed by atoms with Gasteiger partial charge in [0.2, 0.25) is 15.9 Å². The zero-order valence-corrected chi connectivity index (χ0v) is 22.3. The Morgan fingerprint density at radius 2 is 1.73 bits per heavy atom. The van der Waals surface area contributed by atoms with Crippen molar-refractivity contribution in [1.29, 1.82) is 0 Å². The molecular weight excluding hydrogens is 522 g/mol. The number of hydrogen-bond donors (Lipinski definition) is 3. The highest BCUT2D eigenvalue weighted by Gasteiger charge is 2.29. The standard InChI is InChI=1S/C24H29N3O8S2/c1-4-34-24(31)21-18-7-5-6-8-19(18)36-23(21)27-22(30)14(2)35-20(29)13-25-37(32,33)17-11-9-16(10-12-17)26-15(3)28/h9-12,14,25H,4-8,13H2,1-3H3,(H,26,28)(H,27,30). The predicted octanol–water partition coefficient (Wildman–Crippen LogP) is 2.61. The third-order valence-electron chi connectivity index (χ3n) is 5.46. The Morgan fingerprint density at radius 1 is 1.05 bits per heavy atom. The summed E-state index contributed by atoms with van der Waals surface area (Å²) in [6.45, 7) is 3.87. The molecular formula is C24H29N3O8S2. The Kier molecular flexibility index (Phi) is 9.40. The van der Waals surface area contributed by atoms with Gasteiger partial charge < -0.3 is 20.1 Å². The van der Waals surface area contributed by atoms with E-state index in [9.17, 15) is 27.6 Å². The normalized spacial score (nSPS) is 13.7. The van der Waals surface area contributed by atoms with Crippen molar-refractivity contribution in [3.05, 3.63) is 40.3 Å². The largest absolute Gasteiger partial charge is 0.462 e. The monoisotopic (exact) mass is 551 g/mol. The molecule has 1 atom stereocenters. The first-order valence-electron chi connectivity index (χ1n) is 11.7. The number of ether oxygens (including phenoxy) is 2. The summed E-state index contributed by atoms with van der Waals surface area (Å²) in [7, 11) is -4.04. The average Bonchev–Trinajstić information content (AvgIpc) is 3.20. The lowest BCUT2D eigenvalue weighted by Gasteiger charge is -2.15. The summed E-state index contributed by atoms with van der Waals surface area (Å²) in [5.74, 6) is -2.43. The number of aryl methyl sites for hydroxylation is 1. The van der Waals surface area contributed by atoms with Gasteiger partial charge in [0, 0.05) is 17.5 Å². The second kappa shape index (κ2) is 12.3. The van der Waals surface area contributed by atoms with Gasteiger partial charge >= 0.3 is 11.9 Å². The van der Waals surface area contributed by atoms with Crippen LogP contribution in [0.5, 0.6) is 0 Å². The summed E-state index contributed by atoms with van der Waals surface area (Å²) in [4.78, 5) is 49.5. The van der Waals surface area contributed by atoms with Crippen LogP contribution in [0.2, 0.25) is 0 Å². The van der Waals surface area contributed by atoms with E-state index in [1.807, 2.05) is 0 Å². The molecule has 1 unspecified atom stereocenters. The van der Waals surface area contributed by atoms with Gasteiger partial charge in [0.1, 0.15) is 11.5 Å². The molecule has 1 aromatic heterocycles. The minimum Gasteiger partial charge on any atom is -0.462 e. The van der Waals surface area contributed by atoms with Gasteiger partial charge in [-0.2, -0.15) is 4.72 Å². The minimum atomic E-state index is -4.04. The molecule has 0 saturated carbocycles.